The fourth-order valence-electron chi connectivity index (χ4n) is 0.862. The first kappa shape index (κ1) is 9.92. The van der Waals surface area contributed by atoms with Crippen molar-refractivity contribution in [2.24, 2.45) is 11.8 Å². The molecule has 0 aliphatic heterocycles. The van der Waals surface area contributed by atoms with E-state index >= 15 is 0 Å². The lowest BCUT2D eigenvalue weighted by Gasteiger charge is -2.30. The standard InChI is InChI=1S/C8H18O2/c1-6(2)7(3)8(4,10)5-9/h6-7,9-10H,5H2,1-4H3/t7-,8-/m1/s1. The molecule has 2 atom stereocenters. The van der Waals surface area contributed by atoms with Crippen molar-refractivity contribution in [2.45, 2.75) is 33.3 Å². The van der Waals surface area contributed by atoms with Gasteiger partial charge in [0.2, 0.25) is 0 Å². The first-order chi connectivity index (χ1) is 4.41. The maximum atomic E-state index is 9.51. The number of hydrogen-bond donors (Lipinski definition) is 2. The van der Waals surface area contributed by atoms with Crippen LogP contribution in [-0.2, 0) is 0 Å². The topological polar surface area (TPSA) is 40.5 Å². The fraction of sp³-hybridized carbons (Fsp3) is 1.00. The second-order valence-corrected chi connectivity index (χ2v) is 3.55. The molecule has 0 amide bonds. The largest absolute Gasteiger partial charge is 0.393 e. The third kappa shape index (κ3) is 2.27. The molecule has 0 aromatic carbocycles. The Kier molecular flexibility index (Phi) is 3.33. The number of hydrogen-bond acceptors (Lipinski definition) is 2. The van der Waals surface area contributed by atoms with E-state index in [9.17, 15) is 5.11 Å². The summed E-state index contributed by atoms with van der Waals surface area (Å²) in [5.41, 5.74) is -0.922. The molecule has 0 saturated carbocycles. The highest BCUT2D eigenvalue weighted by atomic mass is 16.3. The Morgan fingerprint density at radius 3 is 1.80 bits per heavy atom. The van der Waals surface area contributed by atoms with E-state index in [-0.39, 0.29) is 12.5 Å². The molecule has 0 aliphatic rings. The van der Waals surface area contributed by atoms with Crippen LogP contribution < -0.4 is 0 Å². The monoisotopic (exact) mass is 146 g/mol. The zero-order valence-corrected chi connectivity index (χ0v) is 7.26. The van der Waals surface area contributed by atoms with E-state index in [0.29, 0.717) is 5.92 Å². The van der Waals surface area contributed by atoms with Crippen LogP contribution in [-0.4, -0.2) is 22.4 Å². The van der Waals surface area contributed by atoms with Crippen molar-refractivity contribution in [1.29, 1.82) is 0 Å². The molecular weight excluding hydrogens is 128 g/mol. The quantitative estimate of drug-likeness (QED) is 0.624. The van der Waals surface area contributed by atoms with Crippen LogP contribution in [0.1, 0.15) is 27.7 Å². The third-order valence-electron chi connectivity index (χ3n) is 2.30. The van der Waals surface area contributed by atoms with Gasteiger partial charge in [-0.1, -0.05) is 20.8 Å². The molecule has 0 aromatic rings. The van der Waals surface area contributed by atoms with E-state index in [0.717, 1.165) is 0 Å². The maximum Gasteiger partial charge on any atom is 0.0877 e. The summed E-state index contributed by atoms with van der Waals surface area (Å²) in [5, 5.41) is 18.3. The molecule has 0 heterocycles. The lowest BCUT2D eigenvalue weighted by Crippen LogP contribution is -2.39. The summed E-state index contributed by atoms with van der Waals surface area (Å²) in [4.78, 5) is 0. The maximum absolute atomic E-state index is 9.51. The van der Waals surface area contributed by atoms with Gasteiger partial charge in [0.25, 0.3) is 0 Å². The summed E-state index contributed by atoms with van der Waals surface area (Å²) >= 11 is 0. The molecule has 0 saturated heterocycles. The van der Waals surface area contributed by atoms with Crippen LogP contribution in [0.25, 0.3) is 0 Å². The normalized spacial score (nSPS) is 20.7. The van der Waals surface area contributed by atoms with Gasteiger partial charge in [-0.2, -0.15) is 0 Å². The molecule has 0 rings (SSSR count). The molecule has 0 aliphatic carbocycles. The van der Waals surface area contributed by atoms with Crippen molar-refractivity contribution < 1.29 is 10.2 Å². The van der Waals surface area contributed by atoms with E-state index in [2.05, 4.69) is 0 Å². The molecule has 0 radical (unpaired) electrons. The molecular formula is C8H18O2. The van der Waals surface area contributed by atoms with Gasteiger partial charge in [0.1, 0.15) is 0 Å². The SMILES string of the molecule is CC(C)[C@@H](C)[C@](C)(O)CO. The van der Waals surface area contributed by atoms with Crippen molar-refractivity contribution in [3.63, 3.8) is 0 Å². The summed E-state index contributed by atoms with van der Waals surface area (Å²) in [5.74, 6) is 0.541. The average Bonchev–Trinajstić information content (AvgIpc) is 1.86. The summed E-state index contributed by atoms with van der Waals surface area (Å²) < 4.78 is 0. The minimum Gasteiger partial charge on any atom is -0.393 e. The molecule has 10 heavy (non-hydrogen) atoms. The average molecular weight is 146 g/mol. The lowest BCUT2D eigenvalue weighted by molar-refractivity contribution is -0.0548. The van der Waals surface area contributed by atoms with Crippen LogP contribution in [0.15, 0.2) is 0 Å². The molecule has 0 fully saturated rings. The van der Waals surface area contributed by atoms with Gasteiger partial charge in [-0.05, 0) is 18.8 Å². The van der Waals surface area contributed by atoms with Crippen molar-refractivity contribution in [2.75, 3.05) is 6.61 Å². The van der Waals surface area contributed by atoms with Crippen molar-refractivity contribution in [3.8, 4) is 0 Å². The summed E-state index contributed by atoms with van der Waals surface area (Å²) in [6.07, 6.45) is 0. The van der Waals surface area contributed by atoms with Crippen molar-refractivity contribution in [1.82, 2.24) is 0 Å². The predicted octanol–water partition coefficient (Wildman–Crippen LogP) is 1.02. The highest BCUT2D eigenvalue weighted by Gasteiger charge is 2.29. The summed E-state index contributed by atoms with van der Waals surface area (Å²) in [6, 6.07) is 0. The Morgan fingerprint density at radius 1 is 1.30 bits per heavy atom. The first-order valence-electron chi connectivity index (χ1n) is 3.75. The van der Waals surface area contributed by atoms with Crippen LogP contribution in [0.2, 0.25) is 0 Å². The van der Waals surface area contributed by atoms with Gasteiger partial charge >= 0.3 is 0 Å². The van der Waals surface area contributed by atoms with E-state index < -0.39 is 5.60 Å². The fourth-order valence-corrected chi connectivity index (χ4v) is 0.862. The number of aliphatic hydroxyl groups is 2. The minimum absolute atomic E-state index is 0.137. The molecule has 0 unspecified atom stereocenters. The Labute approximate surface area is 62.9 Å². The van der Waals surface area contributed by atoms with Gasteiger partial charge in [-0.3, -0.25) is 0 Å². The zero-order valence-electron chi connectivity index (χ0n) is 7.26. The smallest absolute Gasteiger partial charge is 0.0877 e. The Hall–Kier alpha value is -0.0800. The van der Waals surface area contributed by atoms with E-state index in [4.69, 9.17) is 5.11 Å². The van der Waals surface area contributed by atoms with Crippen LogP contribution in [0.5, 0.6) is 0 Å². The van der Waals surface area contributed by atoms with Crippen molar-refractivity contribution in [3.05, 3.63) is 0 Å². The van der Waals surface area contributed by atoms with Crippen molar-refractivity contribution >= 4 is 0 Å². The van der Waals surface area contributed by atoms with Gasteiger partial charge in [0.15, 0.2) is 0 Å². The molecule has 2 heteroatoms. The first-order valence-corrected chi connectivity index (χ1v) is 3.75. The van der Waals surface area contributed by atoms with Gasteiger partial charge in [0.05, 0.1) is 12.2 Å². The molecule has 0 aromatic heterocycles. The molecule has 62 valence electrons. The summed E-state index contributed by atoms with van der Waals surface area (Å²) in [6.45, 7) is 7.52. The van der Waals surface area contributed by atoms with Crippen LogP contribution in [0, 0.1) is 11.8 Å². The van der Waals surface area contributed by atoms with Crippen LogP contribution in [0.4, 0.5) is 0 Å². The van der Waals surface area contributed by atoms with Gasteiger partial charge in [-0.15, -0.1) is 0 Å². The van der Waals surface area contributed by atoms with Gasteiger partial charge in [0, 0.05) is 0 Å². The predicted molar refractivity (Wildman–Crippen MR) is 41.7 cm³/mol. The second kappa shape index (κ2) is 3.35. The lowest BCUT2D eigenvalue weighted by atomic mass is 9.83. The number of aliphatic hydroxyl groups excluding tert-OH is 1. The Balaban J connectivity index is 4.03. The molecule has 0 bridgehead atoms. The van der Waals surface area contributed by atoms with E-state index in [1.54, 1.807) is 6.92 Å². The molecule has 0 spiro atoms. The van der Waals surface area contributed by atoms with E-state index in [1.807, 2.05) is 20.8 Å². The van der Waals surface area contributed by atoms with E-state index in [1.165, 1.54) is 0 Å². The Bertz CT molecular complexity index is 97.4. The number of rotatable bonds is 3. The van der Waals surface area contributed by atoms with Crippen LogP contribution in [0.3, 0.4) is 0 Å². The highest BCUT2D eigenvalue weighted by molar-refractivity contribution is 4.79. The highest BCUT2D eigenvalue weighted by Crippen LogP contribution is 2.23. The third-order valence-corrected chi connectivity index (χ3v) is 2.30. The molecule has 2 N–H and O–H groups in total. The van der Waals surface area contributed by atoms with Crippen LogP contribution >= 0.6 is 0 Å². The van der Waals surface area contributed by atoms with Gasteiger partial charge < -0.3 is 10.2 Å². The Morgan fingerprint density at radius 2 is 1.70 bits per heavy atom. The summed E-state index contributed by atoms with van der Waals surface area (Å²) in [7, 11) is 0. The zero-order chi connectivity index (χ0) is 8.36. The van der Waals surface area contributed by atoms with Gasteiger partial charge in [-0.25, -0.2) is 0 Å². The minimum atomic E-state index is -0.922. The molecule has 2 nitrogen and oxygen atoms in total. The second-order valence-electron chi connectivity index (χ2n) is 3.55.